The van der Waals surface area contributed by atoms with Crippen molar-refractivity contribution in [2.45, 2.75) is 219 Å². The summed E-state index contributed by atoms with van der Waals surface area (Å²) in [5.41, 5.74) is 0. The summed E-state index contributed by atoms with van der Waals surface area (Å²) in [4.78, 5) is 37.1. The zero-order valence-electron chi connectivity index (χ0n) is 40.1. The average molecular weight is 857 g/mol. The van der Waals surface area contributed by atoms with Crippen molar-refractivity contribution in [3.05, 3.63) is 60.8 Å². The van der Waals surface area contributed by atoms with Gasteiger partial charge in [0, 0.05) is 19.3 Å². The monoisotopic (exact) mass is 857 g/mol. The summed E-state index contributed by atoms with van der Waals surface area (Å²) in [5, 5.41) is 9.65. The molecule has 0 fully saturated rings. The van der Waals surface area contributed by atoms with Gasteiger partial charge in [0.1, 0.15) is 6.61 Å². The summed E-state index contributed by atoms with van der Waals surface area (Å²) in [5.74, 6) is -1.49. The standard InChI is InChI=1S/C53H93NO7/c1-6-8-10-12-14-16-18-20-22-24-25-26-27-28-30-32-34-36-38-40-42-44-52(56)61-49(47-59-46-45-50(53(57)58)54(3,4)5)48-60-51(55)43-41-39-37-35-33-31-29-23-21-19-17-15-13-11-9-7-2/h8,10,14,16,20,22-23,25-26,29,49-50H,6-7,9,11-13,15,17-19,21,24,27-28,30-48H2,1-5H3/p+1/b10-8-,16-14-,22-20-,26-25-,29-23-. The maximum absolute atomic E-state index is 12.8. The molecular formula is C53H94NO7+. The van der Waals surface area contributed by atoms with Crippen molar-refractivity contribution in [3.63, 3.8) is 0 Å². The van der Waals surface area contributed by atoms with Crippen molar-refractivity contribution in [2.24, 2.45) is 0 Å². The number of hydrogen-bond donors (Lipinski definition) is 1. The largest absolute Gasteiger partial charge is 0.477 e. The van der Waals surface area contributed by atoms with Gasteiger partial charge in [0.2, 0.25) is 0 Å². The molecule has 0 aromatic carbocycles. The number of carbonyl (C=O) groups excluding carboxylic acids is 2. The molecule has 0 aliphatic carbocycles. The van der Waals surface area contributed by atoms with Crippen LogP contribution >= 0.6 is 0 Å². The van der Waals surface area contributed by atoms with Crippen LogP contribution in [0.15, 0.2) is 60.8 Å². The van der Waals surface area contributed by atoms with E-state index in [4.69, 9.17) is 14.2 Å². The smallest absolute Gasteiger partial charge is 0.362 e. The number of carboxylic acids is 1. The van der Waals surface area contributed by atoms with Crippen molar-refractivity contribution >= 4 is 17.9 Å². The highest BCUT2D eigenvalue weighted by atomic mass is 16.6. The van der Waals surface area contributed by atoms with Crippen molar-refractivity contribution in [3.8, 4) is 0 Å². The molecule has 61 heavy (non-hydrogen) atoms. The van der Waals surface area contributed by atoms with Crippen LogP contribution in [-0.2, 0) is 28.6 Å². The molecule has 0 saturated heterocycles. The minimum atomic E-state index is -0.878. The van der Waals surface area contributed by atoms with Crippen LogP contribution in [0, 0.1) is 0 Å². The van der Waals surface area contributed by atoms with Gasteiger partial charge in [-0.1, -0.05) is 171 Å². The average Bonchev–Trinajstić information content (AvgIpc) is 3.22. The Morgan fingerprint density at radius 3 is 1.38 bits per heavy atom. The fourth-order valence-corrected chi connectivity index (χ4v) is 7.08. The van der Waals surface area contributed by atoms with Gasteiger partial charge in [-0.25, -0.2) is 4.79 Å². The summed E-state index contributed by atoms with van der Waals surface area (Å²) in [6, 6.07) is -0.619. The van der Waals surface area contributed by atoms with Crippen molar-refractivity contribution in [1.82, 2.24) is 0 Å². The van der Waals surface area contributed by atoms with E-state index in [9.17, 15) is 19.5 Å². The lowest BCUT2D eigenvalue weighted by Crippen LogP contribution is -2.50. The fraction of sp³-hybridized carbons (Fsp3) is 0.755. The Balaban J connectivity index is 4.30. The van der Waals surface area contributed by atoms with Gasteiger partial charge in [-0.2, -0.15) is 0 Å². The van der Waals surface area contributed by atoms with Crippen LogP contribution in [0.5, 0.6) is 0 Å². The number of likely N-dealkylation sites (N-methyl/N-ethyl adjacent to an activating group) is 1. The van der Waals surface area contributed by atoms with Gasteiger partial charge in [0.05, 0.1) is 34.4 Å². The molecule has 2 atom stereocenters. The summed E-state index contributed by atoms with van der Waals surface area (Å²) in [6.45, 7) is 4.61. The first-order chi connectivity index (χ1) is 29.6. The second-order valence-corrected chi connectivity index (χ2v) is 17.7. The highest BCUT2D eigenvalue weighted by Gasteiger charge is 2.31. The van der Waals surface area contributed by atoms with E-state index in [2.05, 4.69) is 74.6 Å². The molecule has 8 nitrogen and oxygen atoms in total. The number of unbranched alkanes of at least 4 members (excludes halogenated alkanes) is 20. The third kappa shape index (κ3) is 42.1. The third-order valence-electron chi connectivity index (χ3n) is 10.9. The quantitative estimate of drug-likeness (QED) is 0.0282. The highest BCUT2D eigenvalue weighted by Crippen LogP contribution is 2.14. The molecule has 0 radical (unpaired) electrons. The number of rotatable bonds is 44. The molecule has 0 saturated carbocycles. The van der Waals surface area contributed by atoms with Crippen molar-refractivity contribution in [1.29, 1.82) is 0 Å². The van der Waals surface area contributed by atoms with E-state index >= 15 is 0 Å². The topological polar surface area (TPSA) is 99.1 Å². The zero-order valence-corrected chi connectivity index (χ0v) is 40.1. The number of nitrogens with zero attached hydrogens (tertiary/aromatic N) is 1. The number of hydrogen-bond acceptors (Lipinski definition) is 6. The molecular weight excluding hydrogens is 763 g/mol. The summed E-state index contributed by atoms with van der Waals surface area (Å²) >= 11 is 0. The molecule has 2 unspecified atom stereocenters. The minimum absolute atomic E-state index is 0.0538. The summed E-state index contributed by atoms with van der Waals surface area (Å²) < 4.78 is 17.3. The molecule has 0 bridgehead atoms. The van der Waals surface area contributed by atoms with Crippen LogP contribution in [0.1, 0.15) is 206 Å². The molecule has 0 aliphatic rings. The van der Waals surface area contributed by atoms with Gasteiger partial charge in [-0.05, 0) is 77.0 Å². The number of ether oxygens (including phenoxy) is 3. The Kier molecular flexibility index (Phi) is 41.5. The maximum Gasteiger partial charge on any atom is 0.362 e. The van der Waals surface area contributed by atoms with Crippen LogP contribution in [0.25, 0.3) is 0 Å². The van der Waals surface area contributed by atoms with E-state index in [0.717, 1.165) is 83.5 Å². The Bertz CT molecular complexity index is 1180. The van der Waals surface area contributed by atoms with Crippen molar-refractivity contribution in [2.75, 3.05) is 41.0 Å². The fourth-order valence-electron chi connectivity index (χ4n) is 7.08. The van der Waals surface area contributed by atoms with Crippen LogP contribution in [0.4, 0.5) is 0 Å². The second-order valence-electron chi connectivity index (χ2n) is 17.7. The Labute approximate surface area is 375 Å². The van der Waals surface area contributed by atoms with Crippen LogP contribution in [0.3, 0.4) is 0 Å². The van der Waals surface area contributed by atoms with E-state index in [1.54, 1.807) is 0 Å². The van der Waals surface area contributed by atoms with Gasteiger partial charge < -0.3 is 23.8 Å². The third-order valence-corrected chi connectivity index (χ3v) is 10.9. The van der Waals surface area contributed by atoms with Gasteiger partial charge in [-0.15, -0.1) is 0 Å². The Morgan fingerprint density at radius 1 is 0.508 bits per heavy atom. The lowest BCUT2D eigenvalue weighted by atomic mass is 10.1. The molecule has 0 aromatic rings. The molecule has 8 heteroatoms. The van der Waals surface area contributed by atoms with E-state index in [1.807, 2.05) is 21.1 Å². The summed E-state index contributed by atoms with van der Waals surface area (Å²) in [6.07, 6.45) is 54.0. The number of carbonyl (C=O) groups is 3. The number of esters is 2. The molecule has 0 rings (SSSR count). The molecule has 352 valence electrons. The lowest BCUT2D eigenvalue weighted by Gasteiger charge is -2.31. The number of carboxylic acid groups (broad SMARTS) is 1. The minimum Gasteiger partial charge on any atom is -0.477 e. The first-order valence-electron chi connectivity index (χ1n) is 24.8. The molecule has 0 aromatic heterocycles. The van der Waals surface area contributed by atoms with Crippen LogP contribution in [0.2, 0.25) is 0 Å². The first-order valence-corrected chi connectivity index (χ1v) is 24.8. The molecule has 0 heterocycles. The SMILES string of the molecule is CC/C=C\C/C=C\C/C=C\C/C=C\CCCCCCCCCCC(=O)OC(COCCC(C(=O)O)[N+](C)(C)C)COC(=O)CCCCCCC/C=C\CCCCCCCCC. The zero-order chi connectivity index (χ0) is 44.9. The van der Waals surface area contributed by atoms with Gasteiger partial charge in [0.15, 0.2) is 12.1 Å². The maximum atomic E-state index is 12.8. The Hall–Kier alpha value is -2.97. The predicted molar refractivity (Wildman–Crippen MR) is 257 cm³/mol. The van der Waals surface area contributed by atoms with Crippen LogP contribution in [-0.4, -0.2) is 80.6 Å². The second kappa shape index (κ2) is 43.7. The summed E-state index contributed by atoms with van der Waals surface area (Å²) in [7, 11) is 5.53. The number of aliphatic carboxylic acids is 1. The van der Waals surface area contributed by atoms with E-state index in [-0.39, 0.29) is 36.2 Å². The van der Waals surface area contributed by atoms with E-state index < -0.39 is 18.1 Å². The van der Waals surface area contributed by atoms with Crippen molar-refractivity contribution < 1.29 is 38.2 Å². The van der Waals surface area contributed by atoms with Gasteiger partial charge in [-0.3, -0.25) is 9.59 Å². The molecule has 1 N–H and O–H groups in total. The number of allylic oxidation sites excluding steroid dienone is 10. The lowest BCUT2D eigenvalue weighted by molar-refractivity contribution is -0.887. The Morgan fingerprint density at radius 2 is 0.918 bits per heavy atom. The molecule has 0 spiro atoms. The van der Waals surface area contributed by atoms with E-state index in [1.165, 1.54) is 89.9 Å². The molecule has 0 amide bonds. The highest BCUT2D eigenvalue weighted by molar-refractivity contribution is 5.72. The van der Waals surface area contributed by atoms with E-state index in [0.29, 0.717) is 19.3 Å². The predicted octanol–water partition coefficient (Wildman–Crippen LogP) is 14.1. The van der Waals surface area contributed by atoms with Gasteiger partial charge >= 0.3 is 17.9 Å². The molecule has 0 aliphatic heterocycles. The normalized spacial score (nSPS) is 13.4. The first kappa shape index (κ1) is 58.0. The van der Waals surface area contributed by atoms with Crippen LogP contribution < -0.4 is 0 Å². The number of quaternary nitrogens is 1. The van der Waals surface area contributed by atoms with Gasteiger partial charge in [0.25, 0.3) is 0 Å².